The van der Waals surface area contributed by atoms with Crippen LogP contribution >= 0.6 is 33.5 Å². The standard InChI is InChI=1S/C25H18FIO2S/c1-28-25-21(26)14-18(15-22(25)29-17-12-10-16(27)11-13-17)30-23-8-4-2-6-19(23)20-7-3-5-9-24(20)30/h2-15,30H,1H3. The third kappa shape index (κ3) is 3.36. The zero-order chi connectivity index (χ0) is 20.7. The van der Waals surface area contributed by atoms with Gasteiger partial charge in [0, 0.05) is 18.3 Å². The quantitative estimate of drug-likeness (QED) is 0.191. The van der Waals surface area contributed by atoms with Gasteiger partial charge in [0.2, 0.25) is 0 Å². The lowest BCUT2D eigenvalue weighted by atomic mass is 10.1. The van der Waals surface area contributed by atoms with E-state index in [1.165, 1.54) is 28.0 Å². The van der Waals surface area contributed by atoms with E-state index in [0.29, 0.717) is 11.5 Å². The van der Waals surface area contributed by atoms with Crippen LogP contribution in [0.4, 0.5) is 4.39 Å². The maximum Gasteiger partial charge on any atom is 0.197 e. The van der Waals surface area contributed by atoms with E-state index in [2.05, 4.69) is 46.9 Å². The first-order chi connectivity index (χ1) is 14.7. The summed E-state index contributed by atoms with van der Waals surface area (Å²) in [5, 5.41) is 0. The number of thiol groups is 1. The Bertz CT molecular complexity index is 1190. The van der Waals surface area contributed by atoms with Crippen LogP contribution in [-0.2, 0) is 0 Å². The Morgan fingerprint density at radius 1 is 0.800 bits per heavy atom. The predicted octanol–water partition coefficient (Wildman–Crippen LogP) is 7.69. The summed E-state index contributed by atoms with van der Waals surface area (Å²) in [6.07, 6.45) is 0. The van der Waals surface area contributed by atoms with Gasteiger partial charge in [-0.15, -0.1) is 0 Å². The second-order valence-electron chi connectivity index (χ2n) is 6.88. The van der Waals surface area contributed by atoms with Crippen LogP contribution in [0.3, 0.4) is 0 Å². The Balaban J connectivity index is 1.65. The van der Waals surface area contributed by atoms with Crippen molar-refractivity contribution in [3.8, 4) is 28.4 Å². The van der Waals surface area contributed by atoms with E-state index >= 15 is 4.39 Å². The van der Waals surface area contributed by atoms with Gasteiger partial charge in [0.1, 0.15) is 5.75 Å². The number of benzene rings is 4. The van der Waals surface area contributed by atoms with E-state index in [4.69, 9.17) is 9.47 Å². The van der Waals surface area contributed by atoms with Crippen LogP contribution in [0.1, 0.15) is 0 Å². The second kappa shape index (κ2) is 7.96. The maximum absolute atomic E-state index is 15.1. The highest BCUT2D eigenvalue weighted by atomic mass is 127. The van der Waals surface area contributed by atoms with Crippen molar-refractivity contribution in [2.24, 2.45) is 0 Å². The molecule has 0 aliphatic carbocycles. The molecular weight excluding hydrogens is 510 g/mol. The van der Waals surface area contributed by atoms with Crippen molar-refractivity contribution in [3.63, 3.8) is 0 Å². The molecule has 4 aromatic rings. The summed E-state index contributed by atoms with van der Waals surface area (Å²) in [5.41, 5.74) is 2.44. The molecule has 0 radical (unpaired) electrons. The summed E-state index contributed by atoms with van der Waals surface area (Å²) in [4.78, 5) is 3.37. The average molecular weight is 528 g/mol. The Morgan fingerprint density at radius 2 is 1.40 bits per heavy atom. The zero-order valence-electron chi connectivity index (χ0n) is 16.1. The summed E-state index contributed by atoms with van der Waals surface area (Å²) in [7, 11) is 0.584. The molecule has 0 saturated heterocycles. The van der Waals surface area contributed by atoms with Gasteiger partial charge in [-0.05, 0) is 82.2 Å². The topological polar surface area (TPSA) is 18.5 Å². The molecule has 1 heterocycles. The van der Waals surface area contributed by atoms with E-state index in [1.807, 2.05) is 54.6 Å². The van der Waals surface area contributed by atoms with E-state index in [1.54, 1.807) is 6.07 Å². The van der Waals surface area contributed by atoms with Crippen molar-refractivity contribution in [2.45, 2.75) is 14.7 Å². The molecule has 0 spiro atoms. The third-order valence-electron chi connectivity index (χ3n) is 5.08. The zero-order valence-corrected chi connectivity index (χ0v) is 19.2. The minimum absolute atomic E-state index is 0.119. The number of hydrogen-bond donors (Lipinski definition) is 1. The minimum atomic E-state index is -0.878. The van der Waals surface area contributed by atoms with Crippen molar-refractivity contribution in [1.29, 1.82) is 0 Å². The van der Waals surface area contributed by atoms with E-state index in [0.717, 1.165) is 8.47 Å². The highest BCUT2D eigenvalue weighted by molar-refractivity contribution is 14.1. The van der Waals surface area contributed by atoms with Crippen molar-refractivity contribution in [1.82, 2.24) is 0 Å². The van der Waals surface area contributed by atoms with E-state index < -0.39 is 16.7 Å². The normalized spacial score (nSPS) is 13.0. The fraction of sp³-hybridized carbons (Fsp3) is 0.0400. The molecule has 0 amide bonds. The van der Waals surface area contributed by atoms with Crippen LogP contribution in [0.25, 0.3) is 11.1 Å². The molecule has 5 heteroatoms. The van der Waals surface area contributed by atoms with Crippen molar-refractivity contribution in [2.75, 3.05) is 7.11 Å². The van der Waals surface area contributed by atoms with Crippen molar-refractivity contribution >= 4 is 33.5 Å². The molecule has 30 heavy (non-hydrogen) atoms. The number of ether oxygens (including phenoxy) is 2. The molecule has 5 rings (SSSR count). The average Bonchev–Trinajstić information content (AvgIpc) is 3.10. The molecule has 0 saturated carbocycles. The fourth-order valence-electron chi connectivity index (χ4n) is 3.79. The second-order valence-corrected chi connectivity index (χ2v) is 10.3. The van der Waals surface area contributed by atoms with Crippen LogP contribution in [-0.4, -0.2) is 7.11 Å². The molecule has 150 valence electrons. The predicted molar refractivity (Wildman–Crippen MR) is 128 cm³/mol. The van der Waals surface area contributed by atoms with Gasteiger partial charge >= 0.3 is 0 Å². The molecule has 0 unspecified atom stereocenters. The molecular formula is C25H18FIO2S. The monoisotopic (exact) mass is 528 g/mol. The first kappa shape index (κ1) is 19.5. The van der Waals surface area contributed by atoms with Crippen LogP contribution in [0, 0.1) is 9.39 Å². The summed E-state index contributed by atoms with van der Waals surface area (Å²) in [6.45, 7) is 0. The Kier molecular flexibility index (Phi) is 5.16. The minimum Gasteiger partial charge on any atom is -0.490 e. The highest BCUT2D eigenvalue weighted by Gasteiger charge is 2.28. The number of fused-ring (bicyclic) bond motifs is 3. The maximum atomic E-state index is 15.1. The van der Waals surface area contributed by atoms with E-state index in [-0.39, 0.29) is 5.75 Å². The molecule has 0 fully saturated rings. The fourth-order valence-corrected chi connectivity index (χ4v) is 6.79. The van der Waals surface area contributed by atoms with Gasteiger partial charge in [-0.2, -0.15) is 10.9 Å². The molecule has 2 nitrogen and oxygen atoms in total. The molecule has 0 atom stereocenters. The first-order valence-corrected chi connectivity index (χ1v) is 11.9. The largest absolute Gasteiger partial charge is 0.490 e. The van der Waals surface area contributed by atoms with Crippen LogP contribution < -0.4 is 9.47 Å². The Hall–Kier alpha value is -2.51. The van der Waals surface area contributed by atoms with Gasteiger partial charge < -0.3 is 9.47 Å². The molecule has 4 aromatic carbocycles. The lowest BCUT2D eigenvalue weighted by Gasteiger charge is -2.21. The third-order valence-corrected chi connectivity index (χ3v) is 8.32. The lowest BCUT2D eigenvalue weighted by molar-refractivity contribution is 0.354. The smallest absolute Gasteiger partial charge is 0.197 e. The summed E-state index contributed by atoms with van der Waals surface area (Å²) in [5.74, 6) is 0.733. The number of halogens is 2. The molecule has 1 aliphatic rings. The molecule has 1 aliphatic heterocycles. The van der Waals surface area contributed by atoms with Gasteiger partial charge in [-0.25, -0.2) is 4.39 Å². The number of methoxy groups -OCH3 is 1. The van der Waals surface area contributed by atoms with E-state index in [9.17, 15) is 0 Å². The number of hydrogen-bond acceptors (Lipinski definition) is 2. The molecule has 0 bridgehead atoms. The Labute approximate surface area is 191 Å². The summed E-state index contributed by atoms with van der Waals surface area (Å²) >= 11 is 2.24. The molecule has 0 N–H and O–H groups in total. The summed E-state index contributed by atoms with van der Waals surface area (Å²) < 4.78 is 27.6. The van der Waals surface area contributed by atoms with Crippen LogP contribution in [0.5, 0.6) is 17.2 Å². The van der Waals surface area contributed by atoms with Crippen molar-refractivity contribution in [3.05, 3.63) is 94.3 Å². The Morgan fingerprint density at radius 3 is 2.00 bits per heavy atom. The van der Waals surface area contributed by atoms with Crippen LogP contribution in [0.15, 0.2) is 99.6 Å². The van der Waals surface area contributed by atoms with Crippen LogP contribution in [0.2, 0.25) is 0 Å². The number of rotatable bonds is 4. The molecule has 0 aromatic heterocycles. The van der Waals surface area contributed by atoms with Crippen molar-refractivity contribution < 1.29 is 13.9 Å². The van der Waals surface area contributed by atoms with Gasteiger partial charge in [0.25, 0.3) is 0 Å². The van der Waals surface area contributed by atoms with Gasteiger partial charge in [-0.3, -0.25) is 0 Å². The first-order valence-electron chi connectivity index (χ1n) is 9.45. The van der Waals surface area contributed by atoms with Gasteiger partial charge in [-0.1, -0.05) is 36.4 Å². The highest BCUT2D eigenvalue weighted by Crippen LogP contribution is 2.63. The van der Waals surface area contributed by atoms with Gasteiger partial charge in [0.05, 0.1) is 7.11 Å². The van der Waals surface area contributed by atoms with Gasteiger partial charge in [0.15, 0.2) is 17.3 Å². The SMILES string of the molecule is COc1c(F)cc([SH]2c3ccccc3-c3ccccc32)cc1Oc1ccc(I)cc1. The lowest BCUT2D eigenvalue weighted by Crippen LogP contribution is -1.96. The summed E-state index contributed by atoms with van der Waals surface area (Å²) in [6, 6.07) is 27.9.